The predicted molar refractivity (Wildman–Crippen MR) is 103 cm³/mol. The third-order valence-corrected chi connectivity index (χ3v) is 4.71. The van der Waals surface area contributed by atoms with E-state index in [2.05, 4.69) is 12.2 Å². The Hall–Kier alpha value is -2.53. The van der Waals surface area contributed by atoms with Crippen molar-refractivity contribution < 1.29 is 14.3 Å². The molecule has 2 aromatic rings. The number of amides is 1. The summed E-state index contributed by atoms with van der Waals surface area (Å²) in [4.78, 5) is 14.5. The number of ether oxygens (including phenoxy) is 2. The van der Waals surface area contributed by atoms with Crippen molar-refractivity contribution in [2.24, 2.45) is 0 Å². The summed E-state index contributed by atoms with van der Waals surface area (Å²) in [6.45, 7) is 5.83. The van der Waals surface area contributed by atoms with E-state index in [-0.39, 0.29) is 11.9 Å². The van der Waals surface area contributed by atoms with Crippen LogP contribution < -0.4 is 14.8 Å². The summed E-state index contributed by atoms with van der Waals surface area (Å²) in [6.07, 6.45) is 0.989. The van der Waals surface area contributed by atoms with Gasteiger partial charge in [0, 0.05) is 12.2 Å². The van der Waals surface area contributed by atoms with Crippen LogP contribution in [0.15, 0.2) is 42.5 Å². The molecule has 1 aliphatic rings. The second kappa shape index (κ2) is 8.23. The van der Waals surface area contributed by atoms with Crippen molar-refractivity contribution in [1.29, 1.82) is 0 Å². The van der Waals surface area contributed by atoms with Gasteiger partial charge in [0.15, 0.2) is 11.5 Å². The number of carbonyl (C=O) groups is 1. The maximum Gasteiger partial charge on any atom is 0.241 e. The zero-order valence-electron chi connectivity index (χ0n) is 15.6. The Bertz CT molecular complexity index is 758. The minimum absolute atomic E-state index is 0.0192. The van der Waals surface area contributed by atoms with Crippen LogP contribution in [0, 0.1) is 0 Å². The molecule has 26 heavy (non-hydrogen) atoms. The fourth-order valence-electron chi connectivity index (χ4n) is 2.88. The van der Waals surface area contributed by atoms with E-state index >= 15 is 0 Å². The topological polar surface area (TPSA) is 50.8 Å². The molecule has 0 saturated heterocycles. The van der Waals surface area contributed by atoms with Gasteiger partial charge in [-0.2, -0.15) is 0 Å². The van der Waals surface area contributed by atoms with Crippen molar-refractivity contribution in [3.05, 3.63) is 53.6 Å². The molecule has 0 aromatic heterocycles. The molecule has 1 aliphatic heterocycles. The molecule has 0 unspecified atom stereocenters. The smallest absolute Gasteiger partial charge is 0.241 e. The first kappa shape index (κ1) is 18.3. The lowest BCUT2D eigenvalue weighted by Crippen LogP contribution is -2.39. The number of benzene rings is 2. The molecule has 2 aromatic carbocycles. The summed E-state index contributed by atoms with van der Waals surface area (Å²) in [5, 5.41) is 2.98. The zero-order chi connectivity index (χ0) is 18.5. The van der Waals surface area contributed by atoms with E-state index in [1.165, 1.54) is 5.56 Å². The summed E-state index contributed by atoms with van der Waals surface area (Å²) in [5.41, 5.74) is 3.17. The zero-order valence-corrected chi connectivity index (χ0v) is 15.6. The lowest BCUT2D eigenvalue weighted by atomic mass is 10.1. The molecule has 0 radical (unpaired) electrons. The van der Waals surface area contributed by atoms with Crippen LogP contribution in [-0.4, -0.2) is 37.1 Å². The molecule has 5 heteroatoms. The average molecular weight is 354 g/mol. The van der Waals surface area contributed by atoms with E-state index < -0.39 is 0 Å². The Balaban J connectivity index is 1.59. The number of hydrogen-bond acceptors (Lipinski definition) is 4. The molecule has 1 N–H and O–H groups in total. The van der Waals surface area contributed by atoms with Gasteiger partial charge in [0.1, 0.15) is 13.2 Å². The highest BCUT2D eigenvalue weighted by Crippen LogP contribution is 2.31. The number of hydrogen-bond donors (Lipinski definition) is 1. The van der Waals surface area contributed by atoms with Crippen molar-refractivity contribution >= 4 is 11.6 Å². The Labute approximate surface area is 154 Å². The number of rotatable bonds is 6. The summed E-state index contributed by atoms with van der Waals surface area (Å²) in [5.74, 6) is 1.54. The molecule has 1 heterocycles. The van der Waals surface area contributed by atoms with E-state index in [9.17, 15) is 4.79 Å². The van der Waals surface area contributed by atoms with E-state index in [4.69, 9.17) is 9.47 Å². The van der Waals surface area contributed by atoms with Gasteiger partial charge in [-0.05, 0) is 55.8 Å². The van der Waals surface area contributed by atoms with E-state index in [1.54, 1.807) is 0 Å². The molecule has 138 valence electrons. The number of aryl methyl sites for hydroxylation is 1. The Morgan fingerprint density at radius 1 is 1.08 bits per heavy atom. The Morgan fingerprint density at radius 3 is 2.42 bits per heavy atom. The highest BCUT2D eigenvalue weighted by Gasteiger charge is 2.19. The summed E-state index contributed by atoms with van der Waals surface area (Å²) in [7, 11) is 1.95. The fourth-order valence-corrected chi connectivity index (χ4v) is 2.88. The van der Waals surface area contributed by atoms with E-state index in [0.29, 0.717) is 19.8 Å². The van der Waals surface area contributed by atoms with Crippen molar-refractivity contribution in [3.63, 3.8) is 0 Å². The van der Waals surface area contributed by atoms with Crippen LogP contribution in [0.2, 0.25) is 0 Å². The average Bonchev–Trinajstić information content (AvgIpc) is 2.67. The molecule has 0 spiro atoms. The second-order valence-electron chi connectivity index (χ2n) is 6.61. The van der Waals surface area contributed by atoms with Gasteiger partial charge in [0.25, 0.3) is 0 Å². The first-order valence-electron chi connectivity index (χ1n) is 9.05. The summed E-state index contributed by atoms with van der Waals surface area (Å²) < 4.78 is 11.2. The number of nitrogens with one attached hydrogen (secondary N) is 1. The van der Waals surface area contributed by atoms with Gasteiger partial charge in [-0.25, -0.2) is 0 Å². The van der Waals surface area contributed by atoms with Gasteiger partial charge in [-0.15, -0.1) is 0 Å². The lowest BCUT2D eigenvalue weighted by Gasteiger charge is -2.25. The maximum absolute atomic E-state index is 12.5. The number of likely N-dealkylation sites (N-methyl/N-ethyl adjacent to an activating group) is 1. The van der Waals surface area contributed by atoms with Crippen LogP contribution in [0.5, 0.6) is 11.5 Å². The molecular weight excluding hydrogens is 328 g/mol. The monoisotopic (exact) mass is 354 g/mol. The number of anilines is 1. The largest absolute Gasteiger partial charge is 0.486 e. The summed E-state index contributed by atoms with van der Waals surface area (Å²) in [6, 6.07) is 13.6. The molecule has 3 rings (SSSR count). The molecule has 0 fully saturated rings. The minimum atomic E-state index is -0.256. The van der Waals surface area contributed by atoms with Crippen molar-refractivity contribution in [3.8, 4) is 11.5 Å². The third-order valence-electron chi connectivity index (χ3n) is 4.71. The Kier molecular flexibility index (Phi) is 5.78. The van der Waals surface area contributed by atoms with Gasteiger partial charge in [-0.3, -0.25) is 9.69 Å². The van der Waals surface area contributed by atoms with Crippen LogP contribution in [0.25, 0.3) is 0 Å². The molecule has 0 aliphatic carbocycles. The Morgan fingerprint density at radius 2 is 1.73 bits per heavy atom. The van der Waals surface area contributed by atoms with E-state index in [1.807, 2.05) is 61.3 Å². The van der Waals surface area contributed by atoms with Gasteiger partial charge < -0.3 is 14.8 Å². The van der Waals surface area contributed by atoms with Crippen molar-refractivity contribution in [1.82, 2.24) is 4.90 Å². The number of carbonyl (C=O) groups excluding carboxylic acids is 1. The molecule has 0 saturated carbocycles. The number of fused-ring (bicyclic) bond motifs is 1. The molecule has 1 atom stereocenters. The van der Waals surface area contributed by atoms with Gasteiger partial charge in [-0.1, -0.05) is 25.1 Å². The summed E-state index contributed by atoms with van der Waals surface area (Å²) >= 11 is 0. The van der Waals surface area contributed by atoms with Gasteiger partial charge in [0.05, 0.1) is 6.04 Å². The first-order chi connectivity index (χ1) is 12.6. The van der Waals surface area contributed by atoms with Crippen LogP contribution in [0.1, 0.15) is 25.0 Å². The van der Waals surface area contributed by atoms with Crippen molar-refractivity contribution in [2.75, 3.05) is 25.6 Å². The van der Waals surface area contributed by atoms with Crippen LogP contribution in [-0.2, 0) is 17.8 Å². The predicted octanol–water partition coefficient (Wildman–Crippen LogP) is 3.48. The molecular formula is C21H26N2O3. The third kappa shape index (κ3) is 4.35. The highest BCUT2D eigenvalue weighted by molar-refractivity contribution is 5.94. The van der Waals surface area contributed by atoms with Crippen LogP contribution in [0.4, 0.5) is 5.69 Å². The SMILES string of the molecule is CCc1ccc(NC(=O)[C@H](C)N(C)Cc2ccc3c(c2)OCCO3)cc1. The second-order valence-corrected chi connectivity index (χ2v) is 6.61. The van der Waals surface area contributed by atoms with E-state index in [0.717, 1.165) is 29.2 Å². The van der Waals surface area contributed by atoms with Crippen LogP contribution >= 0.6 is 0 Å². The number of nitrogens with zero attached hydrogens (tertiary/aromatic N) is 1. The normalized spacial score (nSPS) is 14.2. The van der Waals surface area contributed by atoms with Gasteiger partial charge >= 0.3 is 0 Å². The first-order valence-corrected chi connectivity index (χ1v) is 9.05. The molecule has 0 bridgehead atoms. The molecule has 1 amide bonds. The van der Waals surface area contributed by atoms with Gasteiger partial charge in [0.2, 0.25) is 5.91 Å². The van der Waals surface area contributed by atoms with Crippen LogP contribution in [0.3, 0.4) is 0 Å². The quantitative estimate of drug-likeness (QED) is 0.863. The fraction of sp³-hybridized carbons (Fsp3) is 0.381. The minimum Gasteiger partial charge on any atom is -0.486 e. The lowest BCUT2D eigenvalue weighted by molar-refractivity contribution is -0.120. The standard InChI is InChI=1S/C21H26N2O3/c1-4-16-5-8-18(9-6-16)22-21(24)15(2)23(3)14-17-7-10-19-20(13-17)26-12-11-25-19/h5-10,13,15H,4,11-12,14H2,1-3H3,(H,22,24)/t15-/m0/s1. The van der Waals surface area contributed by atoms with Crippen molar-refractivity contribution in [2.45, 2.75) is 32.9 Å². The maximum atomic E-state index is 12.5. The molecule has 5 nitrogen and oxygen atoms in total. The highest BCUT2D eigenvalue weighted by atomic mass is 16.6.